The van der Waals surface area contributed by atoms with E-state index in [0.29, 0.717) is 6.61 Å². The number of methoxy groups -OCH3 is 1. The van der Waals surface area contributed by atoms with Crippen molar-refractivity contribution in [2.24, 2.45) is 0 Å². The highest BCUT2D eigenvalue weighted by molar-refractivity contribution is 5.73. The predicted octanol–water partition coefficient (Wildman–Crippen LogP) is -0.0792. The van der Waals surface area contributed by atoms with Crippen LogP contribution in [0, 0.1) is 0 Å². The lowest BCUT2D eigenvalue weighted by Gasteiger charge is -2.05. The molecule has 0 aliphatic carbocycles. The molecule has 1 aliphatic heterocycles. The molecule has 2 unspecified atom stereocenters. The molecule has 0 aromatic carbocycles. The van der Waals surface area contributed by atoms with Crippen molar-refractivity contribution in [3.63, 3.8) is 0 Å². The van der Waals surface area contributed by atoms with Gasteiger partial charge in [-0.25, -0.2) is 4.79 Å². The molecule has 0 aromatic rings. The topological polar surface area (TPSA) is 44.8 Å². The first kappa shape index (κ1) is 7.50. The van der Waals surface area contributed by atoms with Crippen LogP contribution in [0.25, 0.3) is 0 Å². The predicted molar refractivity (Wildman–Crippen MR) is 32.3 cm³/mol. The highest BCUT2D eigenvalue weighted by Gasteiger charge is 2.29. The van der Waals surface area contributed by atoms with Gasteiger partial charge in [-0.05, 0) is 6.92 Å². The average molecular weight is 146 g/mol. The van der Waals surface area contributed by atoms with Crippen molar-refractivity contribution in [1.82, 2.24) is 0 Å². The Morgan fingerprint density at radius 3 is 2.80 bits per heavy atom. The van der Waals surface area contributed by atoms with Crippen LogP contribution in [-0.4, -0.2) is 32.1 Å². The van der Waals surface area contributed by atoms with Gasteiger partial charge in [-0.2, -0.15) is 0 Å². The summed E-state index contributed by atoms with van der Waals surface area (Å²) in [4.78, 5) is 10.7. The van der Waals surface area contributed by atoms with Gasteiger partial charge in [0.2, 0.25) is 0 Å². The lowest BCUT2D eigenvalue weighted by molar-refractivity contribution is -0.170. The number of carbonyl (C=O) groups is 1. The summed E-state index contributed by atoms with van der Waals surface area (Å²) in [6.45, 7) is 2.29. The van der Waals surface area contributed by atoms with E-state index in [1.807, 2.05) is 6.92 Å². The molecule has 4 nitrogen and oxygen atoms in total. The van der Waals surface area contributed by atoms with E-state index in [-0.39, 0.29) is 6.10 Å². The molecule has 1 rings (SSSR count). The molecule has 0 radical (unpaired) electrons. The van der Waals surface area contributed by atoms with Crippen LogP contribution in [0.5, 0.6) is 0 Å². The van der Waals surface area contributed by atoms with Crippen LogP contribution < -0.4 is 0 Å². The summed E-state index contributed by atoms with van der Waals surface area (Å²) in [5, 5.41) is 0. The van der Waals surface area contributed by atoms with E-state index in [4.69, 9.17) is 9.47 Å². The number of ether oxygens (including phenoxy) is 3. The summed E-state index contributed by atoms with van der Waals surface area (Å²) in [5.41, 5.74) is 0. The Morgan fingerprint density at radius 2 is 2.40 bits per heavy atom. The Hall–Kier alpha value is -0.610. The van der Waals surface area contributed by atoms with E-state index in [1.54, 1.807) is 0 Å². The summed E-state index contributed by atoms with van der Waals surface area (Å²) in [7, 11) is 1.30. The minimum Gasteiger partial charge on any atom is -0.465 e. The molecule has 0 spiro atoms. The van der Waals surface area contributed by atoms with Crippen molar-refractivity contribution in [3.8, 4) is 0 Å². The van der Waals surface area contributed by atoms with Crippen molar-refractivity contribution in [3.05, 3.63) is 0 Å². The van der Waals surface area contributed by atoms with Crippen molar-refractivity contribution >= 4 is 5.97 Å². The molecule has 0 bridgehead atoms. The fraction of sp³-hybridized carbons (Fsp3) is 0.833. The quantitative estimate of drug-likeness (QED) is 0.485. The highest BCUT2D eigenvalue weighted by Crippen LogP contribution is 2.11. The maximum absolute atomic E-state index is 10.7. The van der Waals surface area contributed by atoms with Gasteiger partial charge in [0.15, 0.2) is 0 Å². The van der Waals surface area contributed by atoms with E-state index in [1.165, 1.54) is 7.11 Å². The summed E-state index contributed by atoms with van der Waals surface area (Å²) >= 11 is 0. The maximum atomic E-state index is 10.7. The monoisotopic (exact) mass is 146 g/mol. The zero-order valence-corrected chi connectivity index (χ0v) is 5.99. The summed E-state index contributed by atoms with van der Waals surface area (Å²) in [6, 6.07) is 0. The molecular formula is C6H10O4. The minimum absolute atomic E-state index is 0.0101. The van der Waals surface area contributed by atoms with Crippen molar-refractivity contribution in [2.75, 3.05) is 13.7 Å². The number of carbonyl (C=O) groups excluding carboxylic acids is 1. The van der Waals surface area contributed by atoms with E-state index in [0.717, 1.165) is 0 Å². The van der Waals surface area contributed by atoms with Crippen LogP contribution in [-0.2, 0) is 19.0 Å². The maximum Gasteiger partial charge on any atom is 0.363 e. The number of esters is 1. The Balaban J connectivity index is 2.37. The number of hydrogen-bond donors (Lipinski definition) is 0. The molecule has 58 valence electrons. The van der Waals surface area contributed by atoms with Crippen LogP contribution in [0.1, 0.15) is 6.92 Å². The molecule has 0 saturated carbocycles. The number of hydrogen-bond acceptors (Lipinski definition) is 4. The molecule has 0 amide bonds. The Morgan fingerprint density at radius 1 is 1.70 bits per heavy atom. The second kappa shape index (κ2) is 2.98. The minimum atomic E-state index is -0.806. The van der Waals surface area contributed by atoms with Crippen molar-refractivity contribution in [1.29, 1.82) is 0 Å². The van der Waals surface area contributed by atoms with Crippen LogP contribution in [0.2, 0.25) is 0 Å². The third kappa shape index (κ3) is 1.46. The molecule has 2 atom stereocenters. The second-order valence-corrected chi connectivity index (χ2v) is 2.14. The standard InChI is InChI=1S/C6H10O4/c1-4-3-9-6(10-4)5(7)8-2/h4,6H,3H2,1-2H3. The van der Waals surface area contributed by atoms with Gasteiger partial charge in [-0.1, -0.05) is 0 Å². The lowest BCUT2D eigenvalue weighted by atomic mass is 10.5. The van der Waals surface area contributed by atoms with Gasteiger partial charge >= 0.3 is 5.97 Å². The third-order valence-electron chi connectivity index (χ3n) is 1.23. The Bertz CT molecular complexity index is 134. The smallest absolute Gasteiger partial charge is 0.363 e. The highest BCUT2D eigenvalue weighted by atomic mass is 16.7. The Labute approximate surface area is 59.1 Å². The molecule has 0 aromatic heterocycles. The van der Waals surface area contributed by atoms with Gasteiger partial charge in [-0.3, -0.25) is 0 Å². The van der Waals surface area contributed by atoms with Crippen molar-refractivity contribution in [2.45, 2.75) is 19.3 Å². The molecule has 1 saturated heterocycles. The van der Waals surface area contributed by atoms with Gasteiger partial charge in [-0.15, -0.1) is 0 Å². The molecule has 10 heavy (non-hydrogen) atoms. The van der Waals surface area contributed by atoms with Crippen LogP contribution in [0.3, 0.4) is 0 Å². The van der Waals surface area contributed by atoms with Crippen LogP contribution >= 0.6 is 0 Å². The SMILES string of the molecule is COC(=O)C1OCC(C)O1. The van der Waals surface area contributed by atoms with Crippen LogP contribution in [0.15, 0.2) is 0 Å². The zero-order chi connectivity index (χ0) is 7.56. The fourth-order valence-electron chi connectivity index (χ4n) is 0.732. The zero-order valence-electron chi connectivity index (χ0n) is 5.99. The molecule has 0 N–H and O–H groups in total. The second-order valence-electron chi connectivity index (χ2n) is 2.14. The van der Waals surface area contributed by atoms with Gasteiger partial charge in [0.25, 0.3) is 6.29 Å². The first-order valence-electron chi connectivity index (χ1n) is 3.09. The van der Waals surface area contributed by atoms with E-state index in [9.17, 15) is 4.79 Å². The average Bonchev–Trinajstić information content (AvgIpc) is 2.34. The van der Waals surface area contributed by atoms with Crippen molar-refractivity contribution < 1.29 is 19.0 Å². The van der Waals surface area contributed by atoms with Gasteiger partial charge in [0.05, 0.1) is 19.8 Å². The lowest BCUT2D eigenvalue weighted by Crippen LogP contribution is -2.23. The van der Waals surface area contributed by atoms with E-state index < -0.39 is 12.3 Å². The molecule has 4 heteroatoms. The normalized spacial score (nSPS) is 32.2. The summed E-state index contributed by atoms with van der Waals surface area (Å²) in [5.74, 6) is -0.468. The Kier molecular flexibility index (Phi) is 2.24. The fourth-order valence-corrected chi connectivity index (χ4v) is 0.732. The van der Waals surface area contributed by atoms with Gasteiger partial charge in [0.1, 0.15) is 0 Å². The van der Waals surface area contributed by atoms with E-state index >= 15 is 0 Å². The first-order valence-corrected chi connectivity index (χ1v) is 3.09. The van der Waals surface area contributed by atoms with Crippen LogP contribution in [0.4, 0.5) is 0 Å². The first-order chi connectivity index (χ1) is 4.74. The van der Waals surface area contributed by atoms with E-state index in [2.05, 4.69) is 4.74 Å². The summed E-state index contributed by atoms with van der Waals surface area (Å²) in [6.07, 6.45) is -0.816. The molecule has 1 aliphatic rings. The number of rotatable bonds is 1. The van der Waals surface area contributed by atoms with Gasteiger partial charge < -0.3 is 14.2 Å². The molecule has 1 heterocycles. The summed E-state index contributed by atoms with van der Waals surface area (Å²) < 4.78 is 14.3. The molecular weight excluding hydrogens is 136 g/mol. The third-order valence-corrected chi connectivity index (χ3v) is 1.23. The van der Waals surface area contributed by atoms with Gasteiger partial charge in [0, 0.05) is 0 Å². The largest absolute Gasteiger partial charge is 0.465 e. The molecule has 1 fully saturated rings.